The zero-order valence-corrected chi connectivity index (χ0v) is 16.1. The van der Waals surface area contributed by atoms with Gasteiger partial charge in [0.05, 0.1) is 18.0 Å². The van der Waals surface area contributed by atoms with E-state index in [9.17, 15) is 9.59 Å². The SMILES string of the molecule is CCCn1c(S[C@H](C)C(=O)Nc2cc(C)c(Cl)cc2OC)n[nH]c1=O. The number of rotatable bonds is 7. The van der Waals surface area contributed by atoms with Gasteiger partial charge in [-0.1, -0.05) is 30.3 Å². The van der Waals surface area contributed by atoms with Crippen LogP contribution >= 0.6 is 23.4 Å². The molecule has 2 N–H and O–H groups in total. The summed E-state index contributed by atoms with van der Waals surface area (Å²) >= 11 is 7.30. The summed E-state index contributed by atoms with van der Waals surface area (Å²) in [5.41, 5.74) is 1.11. The molecule has 0 unspecified atom stereocenters. The molecule has 1 heterocycles. The maximum absolute atomic E-state index is 12.5. The van der Waals surface area contributed by atoms with Gasteiger partial charge < -0.3 is 10.1 Å². The third kappa shape index (κ3) is 4.58. The first-order chi connectivity index (χ1) is 11.9. The number of amides is 1. The Morgan fingerprint density at radius 3 is 2.88 bits per heavy atom. The van der Waals surface area contributed by atoms with E-state index in [1.54, 1.807) is 19.1 Å². The molecule has 2 rings (SSSR count). The molecule has 0 bridgehead atoms. The van der Waals surface area contributed by atoms with Crippen molar-refractivity contribution in [2.45, 2.75) is 44.1 Å². The van der Waals surface area contributed by atoms with Crippen LogP contribution in [0.1, 0.15) is 25.8 Å². The highest BCUT2D eigenvalue weighted by Gasteiger charge is 2.20. The van der Waals surface area contributed by atoms with E-state index in [1.807, 2.05) is 13.8 Å². The van der Waals surface area contributed by atoms with Gasteiger partial charge in [-0.15, -0.1) is 5.10 Å². The number of hydrogen-bond acceptors (Lipinski definition) is 5. The Labute approximate surface area is 155 Å². The lowest BCUT2D eigenvalue weighted by molar-refractivity contribution is -0.115. The number of nitrogens with zero attached hydrogens (tertiary/aromatic N) is 2. The van der Waals surface area contributed by atoms with Crippen molar-refractivity contribution in [2.24, 2.45) is 0 Å². The van der Waals surface area contributed by atoms with E-state index in [0.29, 0.717) is 28.2 Å². The first-order valence-corrected chi connectivity index (χ1v) is 9.10. The van der Waals surface area contributed by atoms with Gasteiger partial charge in [0.25, 0.3) is 0 Å². The summed E-state index contributed by atoms with van der Waals surface area (Å²) in [6, 6.07) is 3.43. The third-order valence-corrected chi connectivity index (χ3v) is 5.06. The van der Waals surface area contributed by atoms with E-state index in [2.05, 4.69) is 15.5 Å². The fourth-order valence-corrected chi connectivity index (χ4v) is 3.23. The quantitative estimate of drug-likeness (QED) is 0.716. The summed E-state index contributed by atoms with van der Waals surface area (Å²) in [6.45, 7) is 6.13. The van der Waals surface area contributed by atoms with Crippen molar-refractivity contribution in [2.75, 3.05) is 12.4 Å². The maximum atomic E-state index is 12.5. The summed E-state index contributed by atoms with van der Waals surface area (Å²) in [4.78, 5) is 24.2. The number of anilines is 1. The predicted octanol–water partition coefficient (Wildman–Crippen LogP) is 3.07. The molecule has 0 aliphatic rings. The van der Waals surface area contributed by atoms with E-state index in [-0.39, 0.29) is 11.6 Å². The smallest absolute Gasteiger partial charge is 0.343 e. The van der Waals surface area contributed by atoms with Crippen molar-refractivity contribution in [3.05, 3.63) is 33.2 Å². The highest BCUT2D eigenvalue weighted by molar-refractivity contribution is 8.00. The Bertz CT molecular complexity index is 818. The van der Waals surface area contributed by atoms with E-state index in [1.165, 1.54) is 23.4 Å². The number of aryl methyl sites for hydroxylation is 1. The van der Waals surface area contributed by atoms with E-state index >= 15 is 0 Å². The molecule has 0 spiro atoms. The number of H-pyrrole nitrogens is 1. The standard InChI is InChI=1S/C16H21ClN4O3S/c1-5-6-21-15(23)19-20-16(21)25-10(3)14(22)18-12-7-9(2)11(17)8-13(12)24-4/h7-8,10H,5-6H2,1-4H3,(H,18,22)(H,19,23)/t10-/m1/s1. The number of benzene rings is 1. The molecule has 0 radical (unpaired) electrons. The Morgan fingerprint density at radius 1 is 1.52 bits per heavy atom. The second-order valence-corrected chi connectivity index (χ2v) is 7.23. The van der Waals surface area contributed by atoms with Gasteiger partial charge in [-0.3, -0.25) is 9.36 Å². The normalized spacial score (nSPS) is 12.0. The van der Waals surface area contributed by atoms with Crippen LogP contribution in [0.2, 0.25) is 5.02 Å². The number of ether oxygens (including phenoxy) is 1. The molecule has 1 aromatic carbocycles. The largest absolute Gasteiger partial charge is 0.495 e. The molecule has 1 atom stereocenters. The molecule has 1 amide bonds. The summed E-state index contributed by atoms with van der Waals surface area (Å²) in [5, 5.41) is 9.86. The molecular weight excluding hydrogens is 364 g/mol. The van der Waals surface area contributed by atoms with E-state index in [4.69, 9.17) is 16.3 Å². The van der Waals surface area contributed by atoms with Crippen molar-refractivity contribution in [1.29, 1.82) is 0 Å². The van der Waals surface area contributed by atoms with Crippen LogP contribution in [-0.2, 0) is 11.3 Å². The summed E-state index contributed by atoms with van der Waals surface area (Å²) in [7, 11) is 1.52. The summed E-state index contributed by atoms with van der Waals surface area (Å²) < 4.78 is 6.79. The van der Waals surface area contributed by atoms with Gasteiger partial charge in [-0.05, 0) is 31.9 Å². The minimum absolute atomic E-state index is 0.219. The van der Waals surface area contributed by atoms with Gasteiger partial charge in [0.1, 0.15) is 5.75 Å². The van der Waals surface area contributed by atoms with Crippen LogP contribution in [0.5, 0.6) is 5.75 Å². The molecule has 0 aliphatic heterocycles. The van der Waals surface area contributed by atoms with Crippen LogP contribution in [0.4, 0.5) is 5.69 Å². The zero-order valence-electron chi connectivity index (χ0n) is 14.6. The van der Waals surface area contributed by atoms with Crippen LogP contribution in [0.25, 0.3) is 0 Å². The van der Waals surface area contributed by atoms with Gasteiger partial charge >= 0.3 is 5.69 Å². The second kappa shape index (κ2) is 8.44. The number of thioether (sulfide) groups is 1. The van der Waals surface area contributed by atoms with Gasteiger partial charge in [0, 0.05) is 17.6 Å². The van der Waals surface area contributed by atoms with Crippen LogP contribution in [0.15, 0.2) is 22.1 Å². The third-order valence-electron chi connectivity index (χ3n) is 3.56. The summed E-state index contributed by atoms with van der Waals surface area (Å²) in [6.07, 6.45) is 0.800. The molecule has 2 aromatic rings. The Hall–Kier alpha value is -1.93. The molecule has 7 nitrogen and oxygen atoms in total. The van der Waals surface area contributed by atoms with Crippen molar-refractivity contribution in [3.63, 3.8) is 0 Å². The molecule has 0 aliphatic carbocycles. The summed E-state index contributed by atoms with van der Waals surface area (Å²) in [5.74, 6) is 0.271. The minimum Gasteiger partial charge on any atom is -0.495 e. The van der Waals surface area contributed by atoms with E-state index in [0.717, 1.165) is 12.0 Å². The topological polar surface area (TPSA) is 89.0 Å². The lowest BCUT2D eigenvalue weighted by Gasteiger charge is -2.15. The lowest BCUT2D eigenvalue weighted by atomic mass is 10.2. The number of aromatic amines is 1. The van der Waals surface area contributed by atoms with Crippen LogP contribution in [0, 0.1) is 6.92 Å². The van der Waals surface area contributed by atoms with Crippen molar-refractivity contribution in [1.82, 2.24) is 14.8 Å². The lowest BCUT2D eigenvalue weighted by Crippen LogP contribution is -2.24. The van der Waals surface area contributed by atoms with Gasteiger partial charge in [-0.25, -0.2) is 9.89 Å². The van der Waals surface area contributed by atoms with E-state index < -0.39 is 5.25 Å². The van der Waals surface area contributed by atoms with Gasteiger partial charge in [0.15, 0.2) is 5.16 Å². The number of methoxy groups -OCH3 is 1. The molecule has 9 heteroatoms. The minimum atomic E-state index is -0.452. The Balaban J connectivity index is 2.14. The molecule has 136 valence electrons. The predicted molar refractivity (Wildman–Crippen MR) is 99.8 cm³/mol. The van der Waals surface area contributed by atoms with Gasteiger partial charge in [0.2, 0.25) is 5.91 Å². The van der Waals surface area contributed by atoms with Crippen molar-refractivity contribution < 1.29 is 9.53 Å². The molecule has 0 fully saturated rings. The van der Waals surface area contributed by atoms with Crippen molar-refractivity contribution >= 4 is 35.0 Å². The molecular formula is C16H21ClN4O3S. The molecule has 0 saturated heterocycles. The van der Waals surface area contributed by atoms with Crippen LogP contribution in [0.3, 0.4) is 0 Å². The number of carbonyl (C=O) groups excluding carboxylic acids is 1. The fourth-order valence-electron chi connectivity index (χ4n) is 2.19. The average Bonchev–Trinajstić information content (AvgIpc) is 2.91. The zero-order chi connectivity index (χ0) is 18.6. The molecule has 0 saturated carbocycles. The number of carbonyl (C=O) groups is 1. The molecule has 1 aromatic heterocycles. The monoisotopic (exact) mass is 384 g/mol. The average molecular weight is 385 g/mol. The Morgan fingerprint density at radius 2 is 2.24 bits per heavy atom. The first kappa shape index (κ1) is 19.4. The maximum Gasteiger partial charge on any atom is 0.343 e. The number of nitrogens with one attached hydrogen (secondary N) is 2. The molecule has 25 heavy (non-hydrogen) atoms. The van der Waals surface area contributed by atoms with Crippen molar-refractivity contribution in [3.8, 4) is 5.75 Å². The van der Waals surface area contributed by atoms with Crippen LogP contribution in [-0.4, -0.2) is 33.0 Å². The van der Waals surface area contributed by atoms with Gasteiger partial charge in [-0.2, -0.15) is 0 Å². The second-order valence-electron chi connectivity index (χ2n) is 5.51. The number of aromatic nitrogens is 3. The van der Waals surface area contributed by atoms with Crippen LogP contribution < -0.4 is 15.7 Å². The Kier molecular flexibility index (Phi) is 6.55. The first-order valence-electron chi connectivity index (χ1n) is 7.84. The number of hydrogen-bond donors (Lipinski definition) is 2. The highest BCUT2D eigenvalue weighted by Crippen LogP contribution is 2.31. The fraction of sp³-hybridized carbons (Fsp3) is 0.438. The number of halogens is 1. The highest BCUT2D eigenvalue weighted by atomic mass is 35.5.